The molecule has 0 aromatic heterocycles. The van der Waals surface area contributed by atoms with E-state index in [4.69, 9.17) is 37.4 Å². The molecule has 0 bridgehead atoms. The smallest absolute Gasteiger partial charge is 0.335 e. The van der Waals surface area contributed by atoms with Crippen molar-refractivity contribution in [2.75, 3.05) is 19.1 Å². The molecule has 184 valence electrons. The van der Waals surface area contributed by atoms with Crippen LogP contribution in [0.25, 0.3) is 6.08 Å². The predicted molar refractivity (Wildman–Crippen MR) is 136 cm³/mol. The molecule has 1 N–H and O–H groups in total. The number of methoxy groups -OCH3 is 2. The third kappa shape index (κ3) is 5.30. The van der Waals surface area contributed by atoms with Crippen LogP contribution >= 0.6 is 23.2 Å². The number of rotatable bonds is 7. The molecule has 8 nitrogen and oxygen atoms in total. The molecular formula is C26H20Cl2N2O6. The third-order valence-electron chi connectivity index (χ3n) is 5.28. The molecule has 4 rings (SSSR count). The first-order chi connectivity index (χ1) is 17.3. The van der Waals surface area contributed by atoms with Crippen LogP contribution in [0.3, 0.4) is 0 Å². The zero-order chi connectivity index (χ0) is 25.8. The summed E-state index contributed by atoms with van der Waals surface area (Å²) in [5.74, 6) is -0.441. The second-order valence-electron chi connectivity index (χ2n) is 7.61. The number of amides is 4. The van der Waals surface area contributed by atoms with Gasteiger partial charge in [0.2, 0.25) is 0 Å². The van der Waals surface area contributed by atoms with Gasteiger partial charge in [0, 0.05) is 5.02 Å². The highest BCUT2D eigenvalue weighted by Gasteiger charge is 2.37. The van der Waals surface area contributed by atoms with E-state index in [1.807, 2.05) is 12.1 Å². The van der Waals surface area contributed by atoms with Crippen molar-refractivity contribution >= 4 is 52.8 Å². The monoisotopic (exact) mass is 526 g/mol. The molecule has 1 fully saturated rings. The Hall–Kier alpha value is -4.01. The zero-order valence-corrected chi connectivity index (χ0v) is 20.7. The van der Waals surface area contributed by atoms with E-state index in [2.05, 4.69) is 5.32 Å². The van der Waals surface area contributed by atoms with Gasteiger partial charge >= 0.3 is 6.03 Å². The fraction of sp³-hybridized carbons (Fsp3) is 0.115. The number of hydrogen-bond donors (Lipinski definition) is 1. The van der Waals surface area contributed by atoms with E-state index >= 15 is 0 Å². The van der Waals surface area contributed by atoms with Crippen molar-refractivity contribution in [1.82, 2.24) is 5.32 Å². The molecule has 0 saturated carbocycles. The van der Waals surface area contributed by atoms with Gasteiger partial charge in [0.05, 0.1) is 24.9 Å². The largest absolute Gasteiger partial charge is 0.493 e. The van der Waals surface area contributed by atoms with Gasteiger partial charge in [-0.1, -0.05) is 35.3 Å². The number of benzene rings is 3. The Labute approximate surface area is 217 Å². The molecule has 36 heavy (non-hydrogen) atoms. The Balaban J connectivity index is 1.56. The first-order valence-electron chi connectivity index (χ1n) is 10.6. The highest BCUT2D eigenvalue weighted by molar-refractivity contribution is 6.39. The third-order valence-corrected chi connectivity index (χ3v) is 5.81. The average molecular weight is 527 g/mol. The Morgan fingerprint density at radius 3 is 2.25 bits per heavy atom. The van der Waals surface area contributed by atoms with Crippen molar-refractivity contribution in [3.63, 3.8) is 0 Å². The molecular weight excluding hydrogens is 507 g/mol. The van der Waals surface area contributed by atoms with Crippen molar-refractivity contribution in [1.29, 1.82) is 0 Å². The molecule has 0 radical (unpaired) electrons. The molecule has 1 heterocycles. The van der Waals surface area contributed by atoms with Crippen LogP contribution in [0, 0.1) is 0 Å². The Morgan fingerprint density at radius 1 is 0.917 bits per heavy atom. The summed E-state index contributed by atoms with van der Waals surface area (Å²) in [5.41, 5.74) is 1.36. The van der Waals surface area contributed by atoms with Crippen molar-refractivity contribution in [3.8, 4) is 17.2 Å². The lowest BCUT2D eigenvalue weighted by Gasteiger charge is -2.26. The van der Waals surface area contributed by atoms with Crippen LogP contribution in [0.5, 0.6) is 17.2 Å². The van der Waals surface area contributed by atoms with Crippen LogP contribution in [0.1, 0.15) is 11.1 Å². The van der Waals surface area contributed by atoms with Crippen LogP contribution in [-0.2, 0) is 16.2 Å². The van der Waals surface area contributed by atoms with Gasteiger partial charge in [-0.2, -0.15) is 0 Å². The summed E-state index contributed by atoms with van der Waals surface area (Å²) in [5, 5.41) is 3.05. The summed E-state index contributed by atoms with van der Waals surface area (Å²) < 4.78 is 16.2. The number of carbonyl (C=O) groups excluding carboxylic acids is 3. The Kier molecular flexibility index (Phi) is 7.47. The summed E-state index contributed by atoms with van der Waals surface area (Å²) in [6.45, 7) is 0.314. The first kappa shape index (κ1) is 25.1. The minimum atomic E-state index is -0.859. The van der Waals surface area contributed by atoms with Gasteiger partial charge in [0.1, 0.15) is 17.9 Å². The molecule has 10 heteroatoms. The van der Waals surface area contributed by atoms with E-state index in [0.717, 1.165) is 10.5 Å². The van der Waals surface area contributed by atoms with Crippen LogP contribution in [0.15, 0.2) is 66.2 Å². The van der Waals surface area contributed by atoms with Crippen LogP contribution in [0.4, 0.5) is 10.5 Å². The second-order valence-corrected chi connectivity index (χ2v) is 8.45. The van der Waals surface area contributed by atoms with Gasteiger partial charge in [0.25, 0.3) is 11.8 Å². The van der Waals surface area contributed by atoms with Gasteiger partial charge in [0.15, 0.2) is 11.5 Å². The molecule has 3 aromatic rings. The topological polar surface area (TPSA) is 94.2 Å². The number of carbonyl (C=O) groups is 3. The van der Waals surface area contributed by atoms with Gasteiger partial charge < -0.3 is 14.2 Å². The van der Waals surface area contributed by atoms with Gasteiger partial charge in [-0.05, 0) is 65.7 Å². The Bertz CT molecular complexity index is 1350. The lowest BCUT2D eigenvalue weighted by Crippen LogP contribution is -2.54. The molecule has 1 aliphatic heterocycles. The van der Waals surface area contributed by atoms with Crippen molar-refractivity contribution in [2.24, 2.45) is 0 Å². The quantitative estimate of drug-likeness (QED) is 0.333. The number of anilines is 1. The number of urea groups is 1. The lowest BCUT2D eigenvalue weighted by molar-refractivity contribution is -0.122. The lowest BCUT2D eigenvalue weighted by atomic mass is 10.1. The van der Waals surface area contributed by atoms with Crippen molar-refractivity contribution in [3.05, 3.63) is 87.4 Å². The number of barbiturate groups is 1. The number of imide groups is 2. The summed E-state index contributed by atoms with van der Waals surface area (Å²) in [6.07, 6.45) is 1.33. The van der Waals surface area contributed by atoms with E-state index < -0.39 is 17.8 Å². The fourth-order valence-corrected chi connectivity index (χ4v) is 3.94. The summed E-state index contributed by atoms with van der Waals surface area (Å²) >= 11 is 12.1. The SMILES string of the molecule is COc1cc(/C=C2\C(=O)NC(=O)N(c3ccc(OCc4ccc(Cl)cc4)cc3)C2=O)cc(Cl)c1OC. The molecule has 0 spiro atoms. The van der Waals surface area contributed by atoms with E-state index in [1.54, 1.807) is 42.5 Å². The molecule has 0 aliphatic carbocycles. The van der Waals surface area contributed by atoms with E-state index in [1.165, 1.54) is 26.4 Å². The second kappa shape index (κ2) is 10.7. The maximum absolute atomic E-state index is 13.2. The summed E-state index contributed by atoms with van der Waals surface area (Å²) in [4.78, 5) is 39.1. The van der Waals surface area contributed by atoms with Crippen LogP contribution in [0.2, 0.25) is 10.0 Å². The molecule has 1 saturated heterocycles. The summed E-state index contributed by atoms with van der Waals surface area (Å²) in [7, 11) is 2.88. The molecule has 4 amide bonds. The van der Waals surface area contributed by atoms with E-state index in [0.29, 0.717) is 34.4 Å². The number of nitrogens with zero attached hydrogens (tertiary/aromatic N) is 1. The number of ether oxygens (including phenoxy) is 3. The highest BCUT2D eigenvalue weighted by Crippen LogP contribution is 2.37. The normalized spacial score (nSPS) is 14.6. The minimum absolute atomic E-state index is 0.231. The van der Waals surface area contributed by atoms with E-state index in [-0.39, 0.29) is 16.3 Å². The minimum Gasteiger partial charge on any atom is -0.493 e. The molecule has 0 unspecified atom stereocenters. The van der Waals surface area contributed by atoms with Crippen molar-refractivity contribution in [2.45, 2.75) is 6.61 Å². The van der Waals surface area contributed by atoms with Crippen LogP contribution in [-0.4, -0.2) is 32.1 Å². The fourth-order valence-electron chi connectivity index (χ4n) is 3.52. The highest BCUT2D eigenvalue weighted by atomic mass is 35.5. The Morgan fingerprint density at radius 2 is 1.61 bits per heavy atom. The van der Waals surface area contributed by atoms with Gasteiger partial charge in [-0.25, -0.2) is 9.69 Å². The first-order valence-corrected chi connectivity index (χ1v) is 11.4. The number of halogens is 2. The maximum atomic E-state index is 13.2. The average Bonchev–Trinajstić information content (AvgIpc) is 2.86. The van der Waals surface area contributed by atoms with Gasteiger partial charge in [-0.3, -0.25) is 14.9 Å². The maximum Gasteiger partial charge on any atom is 0.335 e. The number of nitrogens with one attached hydrogen (secondary N) is 1. The molecule has 3 aromatic carbocycles. The summed E-state index contributed by atoms with van der Waals surface area (Å²) in [6, 6.07) is 15.8. The molecule has 1 aliphatic rings. The zero-order valence-electron chi connectivity index (χ0n) is 19.2. The van der Waals surface area contributed by atoms with Crippen LogP contribution < -0.4 is 24.4 Å². The van der Waals surface area contributed by atoms with Crippen molar-refractivity contribution < 1.29 is 28.6 Å². The van der Waals surface area contributed by atoms with E-state index in [9.17, 15) is 14.4 Å². The van der Waals surface area contributed by atoms with Gasteiger partial charge in [-0.15, -0.1) is 0 Å². The molecule has 0 atom stereocenters. The standard InChI is InChI=1S/C26H20Cl2N2O6/c1-34-22-13-16(12-21(28)23(22)35-2)11-20-24(31)29-26(33)30(25(20)32)18-7-9-19(10-8-18)36-14-15-3-5-17(27)6-4-15/h3-13H,14H2,1-2H3,(H,29,31,33)/b20-11+. The number of hydrogen-bond acceptors (Lipinski definition) is 6. The predicted octanol–water partition coefficient (Wildman–Crippen LogP) is 5.26.